The van der Waals surface area contributed by atoms with E-state index in [1.54, 1.807) is 0 Å². The van der Waals surface area contributed by atoms with Gasteiger partial charge in [0.25, 0.3) is 0 Å². The van der Waals surface area contributed by atoms with Gasteiger partial charge in [-0.3, -0.25) is 0 Å². The molecule has 0 fully saturated rings. The summed E-state index contributed by atoms with van der Waals surface area (Å²) in [5, 5.41) is 0. The van der Waals surface area contributed by atoms with E-state index in [0.29, 0.717) is 12.7 Å². The maximum absolute atomic E-state index is 5.69. The number of benzene rings is 1. The maximum atomic E-state index is 5.69. The third-order valence-electron chi connectivity index (χ3n) is 2.87. The van der Waals surface area contributed by atoms with Gasteiger partial charge in [-0.1, -0.05) is 19.4 Å². The van der Waals surface area contributed by atoms with Gasteiger partial charge in [0.2, 0.25) is 6.79 Å². The Bertz CT molecular complexity index is 334. The lowest BCUT2D eigenvalue weighted by Gasteiger charge is -2.12. The molecule has 1 aliphatic rings. The van der Waals surface area contributed by atoms with Crippen LogP contribution in [0, 0.1) is 5.92 Å². The number of nitrogens with two attached hydrogens (primary N) is 1. The van der Waals surface area contributed by atoms with Crippen molar-refractivity contribution in [3.8, 4) is 11.5 Å². The van der Waals surface area contributed by atoms with Crippen molar-refractivity contribution in [2.75, 3.05) is 13.3 Å². The molecule has 0 radical (unpaired) electrons. The summed E-state index contributed by atoms with van der Waals surface area (Å²) in [4.78, 5) is 0. The first kappa shape index (κ1) is 10.3. The highest BCUT2D eigenvalue weighted by molar-refractivity contribution is 5.44. The molecule has 2 N–H and O–H groups in total. The Hall–Kier alpha value is -1.22. The summed E-state index contributed by atoms with van der Waals surface area (Å²) in [5.41, 5.74) is 6.96. The molecule has 1 aromatic rings. The Morgan fingerprint density at radius 2 is 2.13 bits per heavy atom. The van der Waals surface area contributed by atoms with Crippen molar-refractivity contribution >= 4 is 0 Å². The van der Waals surface area contributed by atoms with Gasteiger partial charge in [-0.05, 0) is 36.6 Å². The van der Waals surface area contributed by atoms with E-state index in [4.69, 9.17) is 15.2 Å². The molecule has 0 spiro atoms. The summed E-state index contributed by atoms with van der Waals surface area (Å²) < 4.78 is 10.6. The second-order valence-electron chi connectivity index (χ2n) is 3.90. The molecule has 1 atom stereocenters. The van der Waals surface area contributed by atoms with Crippen molar-refractivity contribution in [2.24, 2.45) is 11.7 Å². The number of ether oxygens (including phenoxy) is 2. The van der Waals surface area contributed by atoms with Crippen LogP contribution in [0.15, 0.2) is 18.2 Å². The Labute approximate surface area is 90.2 Å². The van der Waals surface area contributed by atoms with E-state index in [-0.39, 0.29) is 0 Å². The lowest BCUT2D eigenvalue weighted by molar-refractivity contribution is 0.174. The maximum Gasteiger partial charge on any atom is 0.231 e. The lowest BCUT2D eigenvalue weighted by Crippen LogP contribution is -2.15. The highest BCUT2D eigenvalue weighted by atomic mass is 16.7. The van der Waals surface area contributed by atoms with Gasteiger partial charge >= 0.3 is 0 Å². The van der Waals surface area contributed by atoms with Crippen LogP contribution in [0.5, 0.6) is 11.5 Å². The zero-order valence-electron chi connectivity index (χ0n) is 9.03. The van der Waals surface area contributed by atoms with E-state index in [1.807, 2.05) is 6.07 Å². The monoisotopic (exact) mass is 207 g/mol. The van der Waals surface area contributed by atoms with Crippen LogP contribution in [-0.2, 0) is 6.42 Å². The Kier molecular flexibility index (Phi) is 3.11. The summed E-state index contributed by atoms with van der Waals surface area (Å²) in [6.45, 7) is 3.25. The van der Waals surface area contributed by atoms with E-state index in [9.17, 15) is 0 Å². The summed E-state index contributed by atoms with van der Waals surface area (Å²) in [5.74, 6) is 2.27. The quantitative estimate of drug-likeness (QED) is 0.820. The molecule has 1 aliphatic heterocycles. The van der Waals surface area contributed by atoms with E-state index >= 15 is 0 Å². The molecule has 3 heteroatoms. The standard InChI is InChI=1S/C12H17NO2/c1-2-9(7-13)5-10-3-4-11-12(6-10)15-8-14-11/h3-4,6,9H,2,5,7-8,13H2,1H3. The summed E-state index contributed by atoms with van der Waals surface area (Å²) in [6.07, 6.45) is 2.13. The normalized spacial score (nSPS) is 15.3. The Balaban J connectivity index is 2.09. The van der Waals surface area contributed by atoms with Crippen LogP contribution < -0.4 is 15.2 Å². The van der Waals surface area contributed by atoms with Gasteiger partial charge in [-0.15, -0.1) is 0 Å². The third-order valence-corrected chi connectivity index (χ3v) is 2.87. The zero-order chi connectivity index (χ0) is 10.7. The van der Waals surface area contributed by atoms with Gasteiger partial charge in [-0.25, -0.2) is 0 Å². The summed E-state index contributed by atoms with van der Waals surface area (Å²) in [6, 6.07) is 6.12. The van der Waals surface area contributed by atoms with Gasteiger partial charge in [-0.2, -0.15) is 0 Å². The van der Waals surface area contributed by atoms with Crippen LogP contribution in [0.4, 0.5) is 0 Å². The van der Waals surface area contributed by atoms with Crippen molar-refractivity contribution in [3.63, 3.8) is 0 Å². The van der Waals surface area contributed by atoms with Crippen molar-refractivity contribution in [2.45, 2.75) is 19.8 Å². The first-order valence-electron chi connectivity index (χ1n) is 5.42. The minimum atomic E-state index is 0.340. The smallest absolute Gasteiger partial charge is 0.231 e. The highest BCUT2D eigenvalue weighted by Crippen LogP contribution is 2.33. The van der Waals surface area contributed by atoms with Crippen LogP contribution in [0.1, 0.15) is 18.9 Å². The minimum Gasteiger partial charge on any atom is -0.454 e. The summed E-state index contributed by atoms with van der Waals surface area (Å²) >= 11 is 0. The number of hydrogen-bond acceptors (Lipinski definition) is 3. The fraction of sp³-hybridized carbons (Fsp3) is 0.500. The molecule has 0 saturated carbocycles. The lowest BCUT2D eigenvalue weighted by atomic mass is 9.97. The highest BCUT2D eigenvalue weighted by Gasteiger charge is 2.14. The summed E-state index contributed by atoms with van der Waals surface area (Å²) in [7, 11) is 0. The second kappa shape index (κ2) is 4.53. The first-order valence-corrected chi connectivity index (χ1v) is 5.42. The predicted molar refractivity (Wildman–Crippen MR) is 59.1 cm³/mol. The number of fused-ring (bicyclic) bond motifs is 1. The third kappa shape index (κ3) is 2.23. The average Bonchev–Trinajstić information content (AvgIpc) is 2.73. The van der Waals surface area contributed by atoms with Crippen molar-refractivity contribution < 1.29 is 9.47 Å². The van der Waals surface area contributed by atoms with E-state index in [2.05, 4.69) is 19.1 Å². The minimum absolute atomic E-state index is 0.340. The van der Waals surface area contributed by atoms with Crippen LogP contribution in [0.2, 0.25) is 0 Å². The molecule has 1 heterocycles. The van der Waals surface area contributed by atoms with Crippen LogP contribution in [-0.4, -0.2) is 13.3 Å². The number of hydrogen-bond donors (Lipinski definition) is 1. The zero-order valence-corrected chi connectivity index (χ0v) is 9.03. The topological polar surface area (TPSA) is 44.5 Å². The molecule has 0 bridgehead atoms. The van der Waals surface area contributed by atoms with Crippen molar-refractivity contribution in [1.29, 1.82) is 0 Å². The Morgan fingerprint density at radius 3 is 2.87 bits per heavy atom. The molecule has 3 nitrogen and oxygen atoms in total. The first-order chi connectivity index (χ1) is 7.33. The molecule has 15 heavy (non-hydrogen) atoms. The van der Waals surface area contributed by atoms with Gasteiger partial charge < -0.3 is 15.2 Å². The van der Waals surface area contributed by atoms with E-state index in [0.717, 1.165) is 30.9 Å². The van der Waals surface area contributed by atoms with Crippen LogP contribution in [0.25, 0.3) is 0 Å². The molecule has 0 aromatic heterocycles. The fourth-order valence-corrected chi connectivity index (χ4v) is 1.80. The molecule has 2 rings (SSSR count). The molecule has 1 aromatic carbocycles. The van der Waals surface area contributed by atoms with Crippen LogP contribution >= 0.6 is 0 Å². The molecule has 0 amide bonds. The van der Waals surface area contributed by atoms with Crippen LogP contribution in [0.3, 0.4) is 0 Å². The Morgan fingerprint density at radius 1 is 1.33 bits per heavy atom. The fourth-order valence-electron chi connectivity index (χ4n) is 1.80. The average molecular weight is 207 g/mol. The van der Waals surface area contributed by atoms with Crippen molar-refractivity contribution in [1.82, 2.24) is 0 Å². The molecular weight excluding hydrogens is 190 g/mol. The van der Waals surface area contributed by atoms with Gasteiger partial charge in [0.05, 0.1) is 0 Å². The van der Waals surface area contributed by atoms with Crippen molar-refractivity contribution in [3.05, 3.63) is 23.8 Å². The van der Waals surface area contributed by atoms with E-state index < -0.39 is 0 Å². The second-order valence-corrected chi connectivity index (χ2v) is 3.90. The molecule has 1 unspecified atom stereocenters. The predicted octanol–water partition coefficient (Wildman–Crippen LogP) is 1.94. The molecule has 82 valence electrons. The molecule has 0 saturated heterocycles. The SMILES string of the molecule is CCC(CN)Cc1ccc2c(c1)OCO2. The number of rotatable bonds is 4. The largest absolute Gasteiger partial charge is 0.454 e. The van der Waals surface area contributed by atoms with Gasteiger partial charge in [0.15, 0.2) is 11.5 Å². The molecule has 0 aliphatic carbocycles. The molecular formula is C12H17NO2. The van der Waals surface area contributed by atoms with E-state index in [1.165, 1.54) is 5.56 Å². The van der Waals surface area contributed by atoms with Gasteiger partial charge in [0, 0.05) is 0 Å². The van der Waals surface area contributed by atoms with Gasteiger partial charge in [0.1, 0.15) is 0 Å².